The van der Waals surface area contributed by atoms with Crippen molar-refractivity contribution in [3.05, 3.63) is 17.0 Å². The molecule has 6 nitrogen and oxygen atoms in total. The number of nitrogens with one attached hydrogen (secondary N) is 1. The minimum absolute atomic E-state index is 0.0105. The van der Waals surface area contributed by atoms with Crippen LogP contribution in [0.4, 0.5) is 0 Å². The van der Waals surface area contributed by atoms with E-state index in [4.69, 9.17) is 0 Å². The molecule has 8 heteroatoms. The van der Waals surface area contributed by atoms with E-state index < -0.39 is 16.1 Å². The molecule has 0 aliphatic carbocycles. The molecule has 0 radical (unpaired) electrons. The molecule has 3 saturated heterocycles. The number of aryl methyl sites for hydroxylation is 1. The van der Waals surface area contributed by atoms with Gasteiger partial charge in [0.25, 0.3) is 10.0 Å². The summed E-state index contributed by atoms with van der Waals surface area (Å²) >= 11 is 1.28. The Hall–Kier alpha value is -0.960. The molecule has 4 rings (SSSR count). The third-order valence-electron chi connectivity index (χ3n) is 5.60. The molecule has 1 N–H and O–H groups in total. The Labute approximate surface area is 153 Å². The summed E-state index contributed by atoms with van der Waals surface area (Å²) in [5.74, 6) is -0.0105. The highest BCUT2D eigenvalue weighted by molar-refractivity contribution is 7.91. The molecule has 0 aromatic carbocycles. The Morgan fingerprint density at radius 1 is 1.16 bits per heavy atom. The number of thiophene rings is 1. The molecule has 0 spiro atoms. The van der Waals surface area contributed by atoms with E-state index in [0.717, 1.165) is 30.7 Å². The van der Waals surface area contributed by atoms with Crippen LogP contribution in [0.2, 0.25) is 0 Å². The summed E-state index contributed by atoms with van der Waals surface area (Å²) in [6, 6.07) is 3.82. The summed E-state index contributed by atoms with van der Waals surface area (Å²) in [4.78, 5) is 16.0. The van der Waals surface area contributed by atoms with Gasteiger partial charge in [0.2, 0.25) is 5.91 Å². The first-order valence-corrected chi connectivity index (χ1v) is 11.3. The number of hydrogen-bond donors (Lipinski definition) is 1. The largest absolute Gasteiger partial charge is 0.340 e. The van der Waals surface area contributed by atoms with Gasteiger partial charge in [0.05, 0.1) is 0 Å². The number of nitrogens with zero attached hydrogens (tertiary/aromatic N) is 2. The summed E-state index contributed by atoms with van der Waals surface area (Å²) in [6.45, 7) is 3.77. The van der Waals surface area contributed by atoms with Crippen molar-refractivity contribution in [1.29, 1.82) is 0 Å². The number of carbonyl (C=O) groups excluding carboxylic acids is 1. The number of carbonyl (C=O) groups is 1. The average molecular weight is 384 g/mol. The quantitative estimate of drug-likeness (QED) is 0.860. The second kappa shape index (κ2) is 6.64. The maximum absolute atomic E-state index is 13.1. The molecule has 3 aliphatic rings. The van der Waals surface area contributed by atoms with Gasteiger partial charge in [-0.05, 0) is 51.2 Å². The maximum atomic E-state index is 13.1. The number of sulfonamides is 1. The van der Waals surface area contributed by atoms with Crippen molar-refractivity contribution in [3.8, 4) is 0 Å². The molecular weight excluding hydrogens is 358 g/mol. The van der Waals surface area contributed by atoms with E-state index in [2.05, 4.69) is 5.32 Å². The molecule has 4 heterocycles. The van der Waals surface area contributed by atoms with Gasteiger partial charge in [0.15, 0.2) is 0 Å². The Bertz CT molecular complexity index is 761. The topological polar surface area (TPSA) is 69.7 Å². The lowest BCUT2D eigenvalue weighted by Crippen LogP contribution is -2.49. The number of rotatable bonds is 3. The second-order valence-electron chi connectivity index (χ2n) is 7.35. The summed E-state index contributed by atoms with van der Waals surface area (Å²) < 4.78 is 27.8. The Morgan fingerprint density at radius 2 is 1.96 bits per heavy atom. The zero-order valence-corrected chi connectivity index (χ0v) is 16.1. The summed E-state index contributed by atoms with van der Waals surface area (Å²) in [6.07, 6.45) is 4.63. The standard InChI is InChI=1S/C17H25N3O3S2/c1-12-4-7-16(24-12)25(22,23)20-9-2-3-15(20)17(21)19-10-8-13-5-6-14(11-19)18-13/h4,7,13-15,18H,2-3,5-6,8-11H2,1H3. The maximum Gasteiger partial charge on any atom is 0.253 e. The third-order valence-corrected chi connectivity index (χ3v) is 8.98. The van der Waals surface area contributed by atoms with Gasteiger partial charge in [0.1, 0.15) is 10.3 Å². The van der Waals surface area contributed by atoms with Gasteiger partial charge in [0, 0.05) is 36.6 Å². The number of likely N-dealkylation sites (tertiary alicyclic amines) is 1. The van der Waals surface area contributed by atoms with Crippen LogP contribution in [0, 0.1) is 6.92 Å². The number of fused-ring (bicyclic) bond motifs is 2. The van der Waals surface area contributed by atoms with Crippen LogP contribution in [0.15, 0.2) is 16.3 Å². The lowest BCUT2D eigenvalue weighted by atomic mass is 10.1. The first-order chi connectivity index (χ1) is 11.9. The summed E-state index contributed by atoms with van der Waals surface area (Å²) in [7, 11) is -3.58. The highest BCUT2D eigenvalue weighted by Crippen LogP contribution is 2.31. The van der Waals surface area contributed by atoms with E-state index >= 15 is 0 Å². The minimum Gasteiger partial charge on any atom is -0.340 e. The molecule has 1 aromatic heterocycles. The van der Waals surface area contributed by atoms with Crippen molar-refractivity contribution in [2.45, 2.75) is 61.4 Å². The fourth-order valence-corrected chi connectivity index (χ4v) is 7.36. The molecule has 3 fully saturated rings. The monoisotopic (exact) mass is 383 g/mol. The van der Waals surface area contributed by atoms with Gasteiger partial charge in [-0.1, -0.05) is 0 Å². The Balaban J connectivity index is 1.54. The molecule has 1 aromatic rings. The van der Waals surface area contributed by atoms with Crippen LogP contribution in [0.5, 0.6) is 0 Å². The minimum atomic E-state index is -3.58. The predicted molar refractivity (Wildman–Crippen MR) is 97.1 cm³/mol. The van der Waals surface area contributed by atoms with Crippen molar-refractivity contribution in [2.75, 3.05) is 19.6 Å². The fourth-order valence-electron chi connectivity index (χ4n) is 4.29. The highest BCUT2D eigenvalue weighted by atomic mass is 32.2. The fraction of sp³-hybridized carbons (Fsp3) is 0.706. The Kier molecular flexibility index (Phi) is 4.64. The molecule has 25 heavy (non-hydrogen) atoms. The van der Waals surface area contributed by atoms with Crippen LogP contribution in [-0.2, 0) is 14.8 Å². The van der Waals surface area contributed by atoms with Crippen LogP contribution in [0.25, 0.3) is 0 Å². The van der Waals surface area contributed by atoms with Gasteiger partial charge >= 0.3 is 0 Å². The van der Waals surface area contributed by atoms with Crippen LogP contribution in [0.1, 0.15) is 37.0 Å². The normalized spacial score (nSPS) is 30.6. The Morgan fingerprint density at radius 3 is 2.72 bits per heavy atom. The summed E-state index contributed by atoms with van der Waals surface area (Å²) in [5.41, 5.74) is 0. The van der Waals surface area contributed by atoms with Crippen molar-refractivity contribution < 1.29 is 13.2 Å². The molecule has 3 aliphatic heterocycles. The van der Waals surface area contributed by atoms with Crippen LogP contribution >= 0.6 is 11.3 Å². The van der Waals surface area contributed by atoms with Gasteiger partial charge in [-0.25, -0.2) is 8.42 Å². The van der Waals surface area contributed by atoms with Crippen LogP contribution < -0.4 is 5.32 Å². The van der Waals surface area contributed by atoms with E-state index in [-0.39, 0.29) is 5.91 Å². The lowest BCUT2D eigenvalue weighted by Gasteiger charge is -2.30. The van der Waals surface area contributed by atoms with E-state index in [1.165, 1.54) is 22.1 Å². The van der Waals surface area contributed by atoms with E-state index in [0.29, 0.717) is 35.8 Å². The molecule has 1 amide bonds. The number of amides is 1. The van der Waals surface area contributed by atoms with Crippen molar-refractivity contribution in [1.82, 2.24) is 14.5 Å². The first-order valence-electron chi connectivity index (χ1n) is 9.08. The van der Waals surface area contributed by atoms with Gasteiger partial charge < -0.3 is 10.2 Å². The molecule has 3 atom stereocenters. The van der Waals surface area contributed by atoms with Crippen LogP contribution in [-0.4, -0.2) is 61.3 Å². The van der Waals surface area contributed by atoms with Gasteiger partial charge in [-0.15, -0.1) is 11.3 Å². The van der Waals surface area contributed by atoms with E-state index in [1.54, 1.807) is 6.07 Å². The predicted octanol–water partition coefficient (Wildman–Crippen LogP) is 1.56. The van der Waals surface area contributed by atoms with Crippen molar-refractivity contribution in [3.63, 3.8) is 0 Å². The first kappa shape index (κ1) is 17.5. The molecule has 2 bridgehead atoms. The van der Waals surface area contributed by atoms with E-state index in [1.807, 2.05) is 17.9 Å². The van der Waals surface area contributed by atoms with Crippen molar-refractivity contribution >= 4 is 27.3 Å². The molecular formula is C17H25N3O3S2. The highest BCUT2D eigenvalue weighted by Gasteiger charge is 2.43. The molecule has 138 valence electrons. The number of hydrogen-bond acceptors (Lipinski definition) is 5. The third kappa shape index (κ3) is 3.25. The molecule has 3 unspecified atom stereocenters. The molecule has 0 saturated carbocycles. The van der Waals surface area contributed by atoms with Crippen LogP contribution in [0.3, 0.4) is 0 Å². The van der Waals surface area contributed by atoms with Crippen molar-refractivity contribution in [2.24, 2.45) is 0 Å². The lowest BCUT2D eigenvalue weighted by molar-refractivity contribution is -0.134. The summed E-state index contributed by atoms with van der Waals surface area (Å²) in [5, 5.41) is 3.57. The van der Waals surface area contributed by atoms with Gasteiger partial charge in [-0.3, -0.25) is 4.79 Å². The van der Waals surface area contributed by atoms with E-state index in [9.17, 15) is 13.2 Å². The average Bonchev–Trinajstić information content (AvgIpc) is 3.26. The smallest absolute Gasteiger partial charge is 0.253 e. The zero-order chi connectivity index (χ0) is 17.6. The zero-order valence-electron chi connectivity index (χ0n) is 14.5. The SMILES string of the molecule is Cc1ccc(S(=O)(=O)N2CCCC2C(=O)N2CCC3CCC(C2)N3)s1. The van der Waals surface area contributed by atoms with Gasteiger partial charge in [-0.2, -0.15) is 4.31 Å². The second-order valence-corrected chi connectivity index (χ2v) is 10.8.